The van der Waals surface area contributed by atoms with Crippen molar-refractivity contribution in [3.63, 3.8) is 0 Å². The van der Waals surface area contributed by atoms with E-state index in [1.165, 1.54) is 38.8 Å². The fourth-order valence-corrected chi connectivity index (χ4v) is 2.98. The van der Waals surface area contributed by atoms with Crippen LogP contribution in [0, 0.1) is 5.92 Å². The third kappa shape index (κ3) is 5.49. The molecule has 0 aromatic rings. The molecule has 0 saturated carbocycles. The van der Waals surface area contributed by atoms with Crippen molar-refractivity contribution >= 4 is 5.91 Å². The van der Waals surface area contributed by atoms with Gasteiger partial charge in [0.15, 0.2) is 0 Å². The van der Waals surface area contributed by atoms with Gasteiger partial charge in [0.2, 0.25) is 5.91 Å². The highest BCUT2D eigenvalue weighted by Gasteiger charge is 2.20. The number of likely N-dealkylation sites (tertiary alicyclic amines) is 1. The molecule has 0 radical (unpaired) electrons. The maximum Gasteiger partial charge on any atom is 0.223 e. The number of hydrogen-bond acceptors (Lipinski definition) is 3. The van der Waals surface area contributed by atoms with Crippen LogP contribution in [0.15, 0.2) is 0 Å². The maximum absolute atomic E-state index is 11.9. The van der Waals surface area contributed by atoms with E-state index < -0.39 is 0 Å². The molecule has 2 aliphatic rings. The molecule has 4 heteroatoms. The molecule has 0 aliphatic carbocycles. The van der Waals surface area contributed by atoms with Gasteiger partial charge in [0, 0.05) is 25.7 Å². The van der Waals surface area contributed by atoms with Gasteiger partial charge in [-0.1, -0.05) is 12.8 Å². The van der Waals surface area contributed by atoms with Gasteiger partial charge in [0.05, 0.1) is 0 Å². The Morgan fingerprint density at radius 1 is 1.11 bits per heavy atom. The molecule has 110 valence electrons. The lowest BCUT2D eigenvalue weighted by atomic mass is 9.99. The van der Waals surface area contributed by atoms with Gasteiger partial charge in [0.25, 0.3) is 0 Å². The topological polar surface area (TPSA) is 41.6 Å². The highest BCUT2D eigenvalue weighted by molar-refractivity contribution is 5.78. The van der Waals surface area contributed by atoms with E-state index in [2.05, 4.69) is 10.2 Å². The highest BCUT2D eigenvalue weighted by atomic mass is 16.5. The molecular weight excluding hydrogens is 240 g/mol. The smallest absolute Gasteiger partial charge is 0.223 e. The predicted octanol–water partition coefficient (Wildman–Crippen LogP) is 1.80. The van der Waals surface area contributed by atoms with E-state index in [0.717, 1.165) is 45.6 Å². The van der Waals surface area contributed by atoms with Gasteiger partial charge in [-0.05, 0) is 51.7 Å². The molecule has 1 N–H and O–H groups in total. The Bertz CT molecular complexity index is 257. The first-order valence-corrected chi connectivity index (χ1v) is 7.94. The van der Waals surface area contributed by atoms with Crippen molar-refractivity contribution in [2.75, 3.05) is 39.4 Å². The first-order chi connectivity index (χ1) is 9.36. The Hall–Kier alpha value is -0.610. The van der Waals surface area contributed by atoms with Crippen LogP contribution in [-0.2, 0) is 9.53 Å². The van der Waals surface area contributed by atoms with Gasteiger partial charge in [-0.3, -0.25) is 4.79 Å². The van der Waals surface area contributed by atoms with E-state index in [0.29, 0.717) is 0 Å². The zero-order chi connectivity index (χ0) is 13.3. The van der Waals surface area contributed by atoms with Crippen molar-refractivity contribution in [2.24, 2.45) is 5.92 Å². The van der Waals surface area contributed by atoms with Gasteiger partial charge < -0.3 is 15.0 Å². The summed E-state index contributed by atoms with van der Waals surface area (Å²) < 4.78 is 5.28. The molecule has 0 bridgehead atoms. The zero-order valence-corrected chi connectivity index (χ0v) is 12.0. The number of nitrogens with zero attached hydrogens (tertiary/aromatic N) is 1. The molecule has 2 heterocycles. The van der Waals surface area contributed by atoms with Crippen LogP contribution in [0.25, 0.3) is 0 Å². The average molecular weight is 268 g/mol. The van der Waals surface area contributed by atoms with Crippen molar-refractivity contribution in [3.05, 3.63) is 0 Å². The second kappa shape index (κ2) is 8.54. The van der Waals surface area contributed by atoms with Gasteiger partial charge in [-0.15, -0.1) is 0 Å². The minimum atomic E-state index is 0.187. The fourth-order valence-electron chi connectivity index (χ4n) is 2.98. The van der Waals surface area contributed by atoms with E-state index in [-0.39, 0.29) is 11.8 Å². The maximum atomic E-state index is 11.9. The number of ether oxygens (including phenoxy) is 1. The molecule has 2 aliphatic heterocycles. The van der Waals surface area contributed by atoms with Crippen LogP contribution in [0.2, 0.25) is 0 Å². The van der Waals surface area contributed by atoms with Crippen molar-refractivity contribution in [1.29, 1.82) is 0 Å². The summed E-state index contributed by atoms with van der Waals surface area (Å²) in [6, 6.07) is 0. The molecule has 2 fully saturated rings. The summed E-state index contributed by atoms with van der Waals surface area (Å²) in [6.07, 6.45) is 8.31. The quantitative estimate of drug-likeness (QED) is 0.773. The number of amides is 1. The van der Waals surface area contributed by atoms with Crippen LogP contribution >= 0.6 is 0 Å². The lowest BCUT2D eigenvalue weighted by Gasteiger charge is -2.22. The second-order valence-electron chi connectivity index (χ2n) is 5.79. The number of hydrogen-bond donors (Lipinski definition) is 1. The van der Waals surface area contributed by atoms with Crippen molar-refractivity contribution in [2.45, 2.75) is 44.9 Å². The summed E-state index contributed by atoms with van der Waals surface area (Å²) in [7, 11) is 0. The lowest BCUT2D eigenvalue weighted by molar-refractivity contribution is -0.127. The Morgan fingerprint density at radius 3 is 2.47 bits per heavy atom. The van der Waals surface area contributed by atoms with E-state index in [4.69, 9.17) is 4.74 Å². The summed E-state index contributed by atoms with van der Waals surface area (Å²) in [4.78, 5) is 14.5. The minimum Gasteiger partial charge on any atom is -0.381 e. The SMILES string of the molecule is O=C(NCCCN1CCCCCC1)C1CCOCC1. The molecular formula is C15H28N2O2. The van der Waals surface area contributed by atoms with E-state index in [1.807, 2.05) is 0 Å². The molecule has 19 heavy (non-hydrogen) atoms. The zero-order valence-electron chi connectivity index (χ0n) is 12.0. The molecule has 0 aromatic heterocycles. The monoisotopic (exact) mass is 268 g/mol. The molecule has 0 aromatic carbocycles. The van der Waals surface area contributed by atoms with Crippen LogP contribution < -0.4 is 5.32 Å². The third-order valence-corrected chi connectivity index (χ3v) is 4.24. The van der Waals surface area contributed by atoms with E-state index in [1.54, 1.807) is 0 Å². The van der Waals surface area contributed by atoms with Crippen LogP contribution in [0.5, 0.6) is 0 Å². The molecule has 1 amide bonds. The Labute approximate surface area is 116 Å². The molecule has 0 unspecified atom stereocenters. The molecule has 4 nitrogen and oxygen atoms in total. The van der Waals surface area contributed by atoms with Crippen LogP contribution in [0.4, 0.5) is 0 Å². The molecule has 0 atom stereocenters. The van der Waals surface area contributed by atoms with Crippen molar-refractivity contribution in [1.82, 2.24) is 10.2 Å². The second-order valence-corrected chi connectivity index (χ2v) is 5.79. The third-order valence-electron chi connectivity index (χ3n) is 4.24. The molecule has 2 saturated heterocycles. The minimum absolute atomic E-state index is 0.187. The average Bonchev–Trinajstić information content (AvgIpc) is 2.73. The lowest BCUT2D eigenvalue weighted by Crippen LogP contribution is -2.36. The van der Waals surface area contributed by atoms with Gasteiger partial charge in [-0.25, -0.2) is 0 Å². The van der Waals surface area contributed by atoms with Crippen LogP contribution in [0.3, 0.4) is 0 Å². The number of nitrogens with one attached hydrogen (secondary N) is 1. The summed E-state index contributed by atoms with van der Waals surface area (Å²) in [5, 5.41) is 3.09. The van der Waals surface area contributed by atoms with Gasteiger partial charge >= 0.3 is 0 Å². The largest absolute Gasteiger partial charge is 0.381 e. The standard InChI is InChI=1S/C15H28N2O2/c18-15(14-6-12-19-13-7-14)16-8-5-11-17-9-3-1-2-4-10-17/h14H,1-13H2,(H,16,18). The number of rotatable bonds is 5. The van der Waals surface area contributed by atoms with Crippen LogP contribution in [-0.4, -0.2) is 50.2 Å². The Balaban J connectivity index is 1.54. The first-order valence-electron chi connectivity index (χ1n) is 7.94. The van der Waals surface area contributed by atoms with Crippen molar-refractivity contribution < 1.29 is 9.53 Å². The summed E-state index contributed by atoms with van der Waals surface area (Å²) in [5.41, 5.74) is 0. The van der Waals surface area contributed by atoms with Crippen molar-refractivity contribution in [3.8, 4) is 0 Å². The highest BCUT2D eigenvalue weighted by Crippen LogP contribution is 2.14. The van der Waals surface area contributed by atoms with Crippen LogP contribution in [0.1, 0.15) is 44.9 Å². The summed E-state index contributed by atoms with van der Waals surface area (Å²) >= 11 is 0. The van der Waals surface area contributed by atoms with E-state index >= 15 is 0 Å². The first kappa shape index (κ1) is 14.8. The number of carbonyl (C=O) groups is 1. The Kier molecular flexibility index (Phi) is 6.65. The number of carbonyl (C=O) groups excluding carboxylic acids is 1. The van der Waals surface area contributed by atoms with E-state index in [9.17, 15) is 4.79 Å². The van der Waals surface area contributed by atoms with Gasteiger partial charge in [0.1, 0.15) is 0 Å². The normalized spacial score (nSPS) is 22.9. The summed E-state index contributed by atoms with van der Waals surface area (Å²) in [5.74, 6) is 0.422. The van der Waals surface area contributed by atoms with Gasteiger partial charge in [-0.2, -0.15) is 0 Å². The summed E-state index contributed by atoms with van der Waals surface area (Å²) in [6.45, 7) is 5.93. The molecule has 2 rings (SSSR count). The Morgan fingerprint density at radius 2 is 1.79 bits per heavy atom. The molecule has 0 spiro atoms. The predicted molar refractivity (Wildman–Crippen MR) is 76.1 cm³/mol. The fraction of sp³-hybridized carbons (Fsp3) is 0.933.